The fourth-order valence-electron chi connectivity index (χ4n) is 4.61. The Bertz CT molecular complexity index is 576. The Hall–Kier alpha value is -1.68. The third-order valence-corrected chi connectivity index (χ3v) is 5.52. The molecule has 1 aromatic carbocycles. The van der Waals surface area contributed by atoms with Gasteiger partial charge in [0.25, 0.3) is 11.8 Å². The molecule has 0 spiro atoms. The number of likely N-dealkylation sites (tertiary alicyclic amines) is 1. The van der Waals surface area contributed by atoms with Crippen LogP contribution in [0.5, 0.6) is 0 Å². The molecule has 4 nitrogen and oxygen atoms in total. The molecule has 2 amide bonds. The summed E-state index contributed by atoms with van der Waals surface area (Å²) >= 11 is 0. The number of fused-ring (bicyclic) bond motifs is 4. The predicted octanol–water partition coefficient (Wildman–Crippen LogP) is 2.40. The standard InChI is InChI=1S/C18H22N2O2/c1-19-10-12-6-7-13(11-19)9-14(8-12)20-17(21)15-4-2-3-5-16(15)18(20)22/h2-5,12-14H,6-11H2,1H3. The van der Waals surface area contributed by atoms with Gasteiger partial charge in [-0.05, 0) is 56.7 Å². The third-order valence-electron chi connectivity index (χ3n) is 5.52. The molecule has 0 aromatic heterocycles. The SMILES string of the molecule is CN1CC2CCC(CC(N3C(=O)c4ccccc4C3=O)C2)C1. The van der Waals surface area contributed by atoms with E-state index in [4.69, 9.17) is 0 Å². The van der Waals surface area contributed by atoms with Gasteiger partial charge < -0.3 is 4.90 Å². The molecule has 1 saturated heterocycles. The molecule has 2 fully saturated rings. The highest BCUT2D eigenvalue weighted by Crippen LogP contribution is 2.37. The molecule has 2 heterocycles. The maximum absolute atomic E-state index is 12.7. The van der Waals surface area contributed by atoms with Crippen molar-refractivity contribution in [2.45, 2.75) is 31.7 Å². The minimum atomic E-state index is -0.0843. The van der Waals surface area contributed by atoms with Gasteiger partial charge in [0.1, 0.15) is 0 Å². The second-order valence-corrected chi connectivity index (χ2v) is 7.18. The Balaban J connectivity index is 1.63. The van der Waals surface area contributed by atoms with Gasteiger partial charge in [-0.2, -0.15) is 0 Å². The number of benzene rings is 1. The molecule has 4 rings (SSSR count). The van der Waals surface area contributed by atoms with Crippen molar-refractivity contribution in [1.29, 1.82) is 0 Å². The zero-order chi connectivity index (χ0) is 15.3. The van der Waals surface area contributed by atoms with Crippen LogP contribution in [0.25, 0.3) is 0 Å². The molecule has 2 bridgehead atoms. The number of nitrogens with zero attached hydrogens (tertiary/aromatic N) is 2. The van der Waals surface area contributed by atoms with Crippen molar-refractivity contribution in [2.75, 3.05) is 20.1 Å². The van der Waals surface area contributed by atoms with Gasteiger partial charge in [-0.3, -0.25) is 14.5 Å². The molecule has 1 aromatic rings. The van der Waals surface area contributed by atoms with E-state index in [1.54, 1.807) is 17.0 Å². The Labute approximate surface area is 131 Å². The Morgan fingerprint density at radius 3 is 1.91 bits per heavy atom. The first kappa shape index (κ1) is 13.9. The predicted molar refractivity (Wildman–Crippen MR) is 83.7 cm³/mol. The minimum absolute atomic E-state index is 0.0820. The first-order valence-corrected chi connectivity index (χ1v) is 8.29. The number of hydrogen-bond acceptors (Lipinski definition) is 3. The van der Waals surface area contributed by atoms with Gasteiger partial charge in [0.2, 0.25) is 0 Å². The zero-order valence-corrected chi connectivity index (χ0v) is 13.0. The molecule has 22 heavy (non-hydrogen) atoms. The van der Waals surface area contributed by atoms with Gasteiger partial charge in [0.15, 0.2) is 0 Å². The molecule has 1 aliphatic carbocycles. The van der Waals surface area contributed by atoms with Crippen molar-refractivity contribution in [3.8, 4) is 0 Å². The van der Waals surface area contributed by atoms with Crippen LogP contribution in [0.2, 0.25) is 0 Å². The highest BCUT2D eigenvalue weighted by molar-refractivity contribution is 6.21. The van der Waals surface area contributed by atoms with Crippen LogP contribution in [-0.2, 0) is 0 Å². The van der Waals surface area contributed by atoms with Crippen molar-refractivity contribution in [2.24, 2.45) is 11.8 Å². The summed E-state index contributed by atoms with van der Waals surface area (Å²) in [6, 6.07) is 7.31. The molecule has 1 saturated carbocycles. The Kier molecular flexibility index (Phi) is 3.30. The lowest BCUT2D eigenvalue weighted by Gasteiger charge is -2.33. The first-order chi connectivity index (χ1) is 10.6. The minimum Gasteiger partial charge on any atom is -0.306 e. The summed E-state index contributed by atoms with van der Waals surface area (Å²) in [7, 11) is 2.19. The van der Waals surface area contributed by atoms with E-state index in [9.17, 15) is 9.59 Å². The average Bonchev–Trinajstić information content (AvgIpc) is 2.66. The molecular weight excluding hydrogens is 276 g/mol. The van der Waals surface area contributed by atoms with E-state index < -0.39 is 0 Å². The fourth-order valence-corrected chi connectivity index (χ4v) is 4.61. The Morgan fingerprint density at radius 2 is 1.41 bits per heavy atom. The van der Waals surface area contributed by atoms with E-state index in [1.807, 2.05) is 12.1 Å². The summed E-state index contributed by atoms with van der Waals surface area (Å²) in [5, 5.41) is 0. The maximum Gasteiger partial charge on any atom is 0.261 e. The van der Waals surface area contributed by atoms with Crippen LogP contribution in [-0.4, -0.2) is 47.8 Å². The molecule has 2 unspecified atom stereocenters. The number of carbonyl (C=O) groups is 2. The highest BCUT2D eigenvalue weighted by Gasteiger charge is 2.43. The van der Waals surface area contributed by atoms with E-state index >= 15 is 0 Å². The molecule has 2 aliphatic heterocycles. The summed E-state index contributed by atoms with van der Waals surface area (Å²) in [6.45, 7) is 2.19. The molecule has 0 radical (unpaired) electrons. The van der Waals surface area contributed by atoms with Gasteiger partial charge in [-0.25, -0.2) is 0 Å². The number of carbonyl (C=O) groups excluding carboxylic acids is 2. The van der Waals surface area contributed by atoms with Gasteiger partial charge in [-0.1, -0.05) is 12.1 Å². The molecule has 4 heteroatoms. The van der Waals surface area contributed by atoms with Crippen LogP contribution in [0, 0.1) is 11.8 Å². The van der Waals surface area contributed by atoms with Crippen LogP contribution in [0.4, 0.5) is 0 Å². The lowest BCUT2D eigenvalue weighted by atomic mass is 9.94. The zero-order valence-electron chi connectivity index (χ0n) is 13.0. The van der Waals surface area contributed by atoms with Crippen LogP contribution >= 0.6 is 0 Å². The largest absolute Gasteiger partial charge is 0.306 e. The van der Waals surface area contributed by atoms with E-state index in [2.05, 4.69) is 11.9 Å². The fraction of sp³-hybridized carbons (Fsp3) is 0.556. The number of hydrogen-bond donors (Lipinski definition) is 0. The molecule has 2 atom stereocenters. The number of imide groups is 1. The van der Waals surface area contributed by atoms with Gasteiger partial charge in [-0.15, -0.1) is 0 Å². The Morgan fingerprint density at radius 1 is 0.909 bits per heavy atom. The van der Waals surface area contributed by atoms with E-state index in [0.717, 1.165) is 25.9 Å². The molecule has 0 N–H and O–H groups in total. The molecular formula is C18H22N2O2. The normalized spacial score (nSPS) is 32.0. The summed E-state index contributed by atoms with van der Waals surface area (Å²) in [4.78, 5) is 29.4. The number of amides is 2. The summed E-state index contributed by atoms with van der Waals surface area (Å²) in [6.07, 6.45) is 4.39. The highest BCUT2D eigenvalue weighted by atomic mass is 16.2. The third kappa shape index (κ3) is 2.17. The van der Waals surface area contributed by atoms with E-state index in [0.29, 0.717) is 23.0 Å². The van der Waals surface area contributed by atoms with Gasteiger partial charge >= 0.3 is 0 Å². The van der Waals surface area contributed by atoms with Gasteiger partial charge in [0, 0.05) is 19.1 Å². The lowest BCUT2D eigenvalue weighted by Crippen LogP contribution is -2.44. The van der Waals surface area contributed by atoms with Crippen molar-refractivity contribution in [3.05, 3.63) is 35.4 Å². The maximum atomic E-state index is 12.7. The number of rotatable bonds is 1. The van der Waals surface area contributed by atoms with Gasteiger partial charge in [0.05, 0.1) is 11.1 Å². The summed E-state index contributed by atoms with van der Waals surface area (Å²) in [5.41, 5.74) is 1.16. The van der Waals surface area contributed by atoms with Crippen LogP contribution in [0.1, 0.15) is 46.4 Å². The second-order valence-electron chi connectivity index (χ2n) is 7.18. The molecule has 3 aliphatic rings. The second kappa shape index (κ2) is 5.20. The van der Waals surface area contributed by atoms with Crippen LogP contribution in [0.3, 0.4) is 0 Å². The van der Waals surface area contributed by atoms with E-state index in [-0.39, 0.29) is 17.9 Å². The van der Waals surface area contributed by atoms with Crippen molar-refractivity contribution < 1.29 is 9.59 Å². The van der Waals surface area contributed by atoms with Crippen molar-refractivity contribution in [3.63, 3.8) is 0 Å². The summed E-state index contributed by atoms with van der Waals surface area (Å²) < 4.78 is 0. The summed E-state index contributed by atoms with van der Waals surface area (Å²) in [5.74, 6) is 1.04. The topological polar surface area (TPSA) is 40.6 Å². The average molecular weight is 298 g/mol. The smallest absolute Gasteiger partial charge is 0.261 e. The monoisotopic (exact) mass is 298 g/mol. The quantitative estimate of drug-likeness (QED) is 0.748. The lowest BCUT2D eigenvalue weighted by molar-refractivity contribution is 0.0521. The van der Waals surface area contributed by atoms with Crippen molar-refractivity contribution in [1.82, 2.24) is 9.80 Å². The molecule has 116 valence electrons. The van der Waals surface area contributed by atoms with Crippen molar-refractivity contribution >= 4 is 11.8 Å². The first-order valence-electron chi connectivity index (χ1n) is 8.29. The van der Waals surface area contributed by atoms with Crippen LogP contribution in [0.15, 0.2) is 24.3 Å². The van der Waals surface area contributed by atoms with E-state index in [1.165, 1.54) is 12.8 Å². The van der Waals surface area contributed by atoms with Crippen LogP contribution < -0.4 is 0 Å².